The first-order valence-electron chi connectivity index (χ1n) is 6.84. The van der Waals surface area contributed by atoms with Gasteiger partial charge in [-0.3, -0.25) is 14.3 Å². The third kappa shape index (κ3) is 3.20. The summed E-state index contributed by atoms with van der Waals surface area (Å²) in [5.41, 5.74) is 1.06. The topological polar surface area (TPSA) is 51.8 Å². The van der Waals surface area contributed by atoms with Crippen molar-refractivity contribution in [1.29, 1.82) is 0 Å². The summed E-state index contributed by atoms with van der Waals surface area (Å²) in [4.78, 5) is 2.46. The minimum Gasteiger partial charge on any atom is -0.297 e. The molecule has 0 radical (unpaired) electrons. The zero-order chi connectivity index (χ0) is 13.1. The van der Waals surface area contributed by atoms with Crippen LogP contribution in [0.5, 0.6) is 0 Å². The predicted molar refractivity (Wildman–Crippen MR) is 71.2 cm³/mol. The summed E-state index contributed by atoms with van der Waals surface area (Å²) >= 11 is 0. The molecule has 3 rings (SSSR count). The molecular formula is C13H20N6. The summed E-state index contributed by atoms with van der Waals surface area (Å²) in [5, 5.41) is 12.4. The fourth-order valence-corrected chi connectivity index (χ4v) is 2.70. The van der Waals surface area contributed by atoms with E-state index < -0.39 is 0 Å². The van der Waals surface area contributed by atoms with Crippen molar-refractivity contribution in [3.63, 3.8) is 0 Å². The maximum Gasteiger partial charge on any atom is 0.0966 e. The molecule has 0 bridgehead atoms. The van der Waals surface area contributed by atoms with Crippen molar-refractivity contribution in [2.75, 3.05) is 13.1 Å². The largest absolute Gasteiger partial charge is 0.297 e. The first kappa shape index (κ1) is 12.3. The number of aryl methyl sites for hydroxylation is 1. The fourth-order valence-electron chi connectivity index (χ4n) is 2.70. The highest BCUT2D eigenvalue weighted by Crippen LogP contribution is 2.19. The van der Waals surface area contributed by atoms with E-state index in [0.717, 1.165) is 37.8 Å². The maximum atomic E-state index is 4.28. The lowest BCUT2D eigenvalue weighted by molar-refractivity contribution is 0.163. The van der Waals surface area contributed by atoms with E-state index in [2.05, 4.69) is 20.3 Å². The summed E-state index contributed by atoms with van der Waals surface area (Å²) in [5.74, 6) is 0.748. The third-order valence-electron chi connectivity index (χ3n) is 3.75. The van der Waals surface area contributed by atoms with Gasteiger partial charge < -0.3 is 0 Å². The van der Waals surface area contributed by atoms with Gasteiger partial charge in [0.05, 0.1) is 5.69 Å². The number of piperidine rings is 1. The minimum atomic E-state index is 0.748. The zero-order valence-electron chi connectivity index (χ0n) is 11.3. The highest BCUT2D eigenvalue weighted by atomic mass is 15.4. The second kappa shape index (κ2) is 5.52. The molecule has 0 saturated carbocycles. The molecule has 6 nitrogen and oxygen atoms in total. The smallest absolute Gasteiger partial charge is 0.0966 e. The van der Waals surface area contributed by atoms with Gasteiger partial charge in [0.15, 0.2) is 0 Å². The van der Waals surface area contributed by atoms with Gasteiger partial charge in [0.2, 0.25) is 0 Å². The van der Waals surface area contributed by atoms with Crippen molar-refractivity contribution < 1.29 is 0 Å². The first-order chi connectivity index (χ1) is 9.29. The molecular weight excluding hydrogens is 240 g/mol. The normalized spacial score (nSPS) is 17.9. The van der Waals surface area contributed by atoms with E-state index in [9.17, 15) is 0 Å². The molecule has 0 atom stereocenters. The van der Waals surface area contributed by atoms with E-state index in [1.165, 1.54) is 12.8 Å². The lowest BCUT2D eigenvalue weighted by Crippen LogP contribution is -2.34. The first-order valence-corrected chi connectivity index (χ1v) is 6.84. The van der Waals surface area contributed by atoms with Gasteiger partial charge in [0.25, 0.3) is 0 Å². The Kier molecular flexibility index (Phi) is 3.59. The molecule has 1 saturated heterocycles. The number of hydrogen-bond acceptors (Lipinski definition) is 4. The average molecular weight is 260 g/mol. The standard InChI is InChI=1S/C13H20N6/c1-17-10-13(15-16-17)11-18-7-3-12(4-8-18)9-19-6-2-5-14-19/h2,5-6,10,12H,3-4,7-9,11H2,1H3. The van der Waals surface area contributed by atoms with Gasteiger partial charge in [-0.05, 0) is 37.9 Å². The van der Waals surface area contributed by atoms with Crippen LogP contribution in [0.3, 0.4) is 0 Å². The predicted octanol–water partition coefficient (Wildman–Crippen LogP) is 0.924. The number of likely N-dealkylation sites (tertiary alicyclic amines) is 1. The molecule has 0 amide bonds. The molecule has 6 heteroatoms. The molecule has 2 aromatic heterocycles. The molecule has 2 aromatic rings. The molecule has 102 valence electrons. The number of nitrogens with zero attached hydrogens (tertiary/aromatic N) is 6. The van der Waals surface area contributed by atoms with Crippen LogP contribution in [0, 0.1) is 5.92 Å². The minimum absolute atomic E-state index is 0.748. The van der Waals surface area contributed by atoms with Gasteiger partial charge in [-0.1, -0.05) is 5.21 Å². The Hall–Kier alpha value is -1.69. The van der Waals surface area contributed by atoms with Crippen LogP contribution in [0.15, 0.2) is 24.7 Å². The Bertz CT molecular complexity index is 495. The van der Waals surface area contributed by atoms with Gasteiger partial charge in [0.1, 0.15) is 0 Å². The highest BCUT2D eigenvalue weighted by Gasteiger charge is 2.20. The zero-order valence-corrected chi connectivity index (χ0v) is 11.3. The van der Waals surface area contributed by atoms with E-state index in [0.29, 0.717) is 0 Å². The van der Waals surface area contributed by atoms with Crippen LogP contribution in [0.2, 0.25) is 0 Å². The van der Waals surface area contributed by atoms with Crippen molar-refractivity contribution in [1.82, 2.24) is 29.7 Å². The second-order valence-electron chi connectivity index (χ2n) is 5.33. The molecule has 0 N–H and O–H groups in total. The van der Waals surface area contributed by atoms with E-state index in [4.69, 9.17) is 0 Å². The van der Waals surface area contributed by atoms with Crippen LogP contribution in [0.25, 0.3) is 0 Å². The third-order valence-corrected chi connectivity index (χ3v) is 3.75. The van der Waals surface area contributed by atoms with Crippen LogP contribution in [-0.4, -0.2) is 42.8 Å². The van der Waals surface area contributed by atoms with Crippen LogP contribution in [0.4, 0.5) is 0 Å². The van der Waals surface area contributed by atoms with Gasteiger partial charge >= 0.3 is 0 Å². The van der Waals surface area contributed by atoms with Crippen molar-refractivity contribution in [2.45, 2.75) is 25.9 Å². The Morgan fingerprint density at radius 1 is 1.32 bits per heavy atom. The van der Waals surface area contributed by atoms with Gasteiger partial charge in [-0.2, -0.15) is 5.10 Å². The number of hydrogen-bond donors (Lipinski definition) is 0. The fraction of sp³-hybridized carbons (Fsp3) is 0.615. The monoisotopic (exact) mass is 260 g/mol. The molecule has 1 aliphatic heterocycles. The lowest BCUT2D eigenvalue weighted by atomic mass is 9.97. The van der Waals surface area contributed by atoms with E-state index in [1.54, 1.807) is 4.68 Å². The van der Waals surface area contributed by atoms with Crippen molar-refractivity contribution in [2.24, 2.45) is 13.0 Å². The summed E-state index contributed by atoms with van der Waals surface area (Å²) < 4.78 is 3.81. The highest BCUT2D eigenvalue weighted by molar-refractivity contribution is 4.92. The summed E-state index contributed by atoms with van der Waals surface area (Å²) in [6.07, 6.45) is 8.37. The quantitative estimate of drug-likeness (QED) is 0.820. The van der Waals surface area contributed by atoms with Gasteiger partial charge in [0, 0.05) is 38.7 Å². The van der Waals surface area contributed by atoms with Gasteiger partial charge in [-0.15, -0.1) is 5.10 Å². The Balaban J connectivity index is 1.46. The molecule has 19 heavy (non-hydrogen) atoms. The SMILES string of the molecule is Cn1cc(CN2CCC(Cn3cccn3)CC2)nn1. The number of aromatic nitrogens is 5. The van der Waals surface area contributed by atoms with E-state index >= 15 is 0 Å². The van der Waals surface area contributed by atoms with Crippen LogP contribution in [-0.2, 0) is 20.1 Å². The Morgan fingerprint density at radius 2 is 2.16 bits per heavy atom. The Morgan fingerprint density at radius 3 is 2.79 bits per heavy atom. The number of rotatable bonds is 4. The van der Waals surface area contributed by atoms with Crippen molar-refractivity contribution in [3.8, 4) is 0 Å². The molecule has 0 aromatic carbocycles. The molecule has 1 fully saturated rings. The molecule has 1 aliphatic rings. The molecule has 0 spiro atoms. The van der Waals surface area contributed by atoms with Gasteiger partial charge in [-0.25, -0.2) is 0 Å². The van der Waals surface area contributed by atoms with Crippen LogP contribution in [0.1, 0.15) is 18.5 Å². The van der Waals surface area contributed by atoms with E-state index in [-0.39, 0.29) is 0 Å². The summed E-state index contributed by atoms with van der Waals surface area (Å²) in [6.45, 7) is 4.25. The van der Waals surface area contributed by atoms with Crippen molar-refractivity contribution in [3.05, 3.63) is 30.4 Å². The maximum absolute atomic E-state index is 4.28. The molecule has 0 unspecified atom stereocenters. The van der Waals surface area contributed by atoms with Crippen LogP contribution < -0.4 is 0 Å². The molecule has 0 aliphatic carbocycles. The Labute approximate surface area is 113 Å². The summed E-state index contributed by atoms with van der Waals surface area (Å²) in [6, 6.07) is 1.99. The van der Waals surface area contributed by atoms with Crippen molar-refractivity contribution >= 4 is 0 Å². The van der Waals surface area contributed by atoms with E-state index in [1.807, 2.05) is 36.4 Å². The lowest BCUT2D eigenvalue weighted by Gasteiger charge is -2.31. The average Bonchev–Trinajstić information content (AvgIpc) is 3.04. The van der Waals surface area contributed by atoms with Crippen LogP contribution >= 0.6 is 0 Å². The summed E-state index contributed by atoms with van der Waals surface area (Å²) in [7, 11) is 1.91. The molecule has 3 heterocycles. The second-order valence-corrected chi connectivity index (χ2v) is 5.33.